The molecule has 1 aliphatic carbocycles. The molecule has 0 radical (unpaired) electrons. The standard InChI is InChI=1S/C25H29N3O3S/c26-18-20-10-8-19(9-11-20)12-15-25(29)28-16-4-5-21-17-22(13-14-24(21)28)27-32(30,31)23-6-2-1-3-7-23/h8-11,13-14,17,23,27H,1-7,12,15-16H2. The van der Waals surface area contributed by atoms with E-state index in [1.165, 1.54) is 0 Å². The summed E-state index contributed by atoms with van der Waals surface area (Å²) < 4.78 is 28.3. The van der Waals surface area contributed by atoms with Gasteiger partial charge in [0, 0.05) is 24.3 Å². The van der Waals surface area contributed by atoms with Gasteiger partial charge in [-0.3, -0.25) is 9.52 Å². The highest BCUT2D eigenvalue weighted by atomic mass is 32.2. The Balaban J connectivity index is 1.43. The summed E-state index contributed by atoms with van der Waals surface area (Å²) in [6.07, 6.45) is 7.19. The lowest BCUT2D eigenvalue weighted by Crippen LogP contribution is -2.35. The molecule has 1 N–H and O–H groups in total. The lowest BCUT2D eigenvalue weighted by atomic mass is 10.00. The molecule has 1 amide bonds. The molecule has 2 aromatic carbocycles. The molecule has 4 rings (SSSR count). The molecule has 168 valence electrons. The molecule has 7 heteroatoms. The fraction of sp³-hybridized carbons (Fsp3) is 0.440. The minimum atomic E-state index is -3.39. The Morgan fingerprint density at radius 1 is 1.06 bits per heavy atom. The maximum atomic E-state index is 12.9. The van der Waals surface area contributed by atoms with Gasteiger partial charge in [0.1, 0.15) is 0 Å². The molecule has 1 aliphatic heterocycles. The van der Waals surface area contributed by atoms with E-state index in [0.29, 0.717) is 30.6 Å². The number of nitrogens with one attached hydrogen (secondary N) is 1. The van der Waals surface area contributed by atoms with Crippen molar-refractivity contribution in [3.8, 4) is 6.07 Å². The number of aryl methyl sites for hydroxylation is 2. The van der Waals surface area contributed by atoms with Crippen LogP contribution < -0.4 is 9.62 Å². The van der Waals surface area contributed by atoms with Crippen LogP contribution in [0.15, 0.2) is 42.5 Å². The monoisotopic (exact) mass is 451 g/mol. The summed E-state index contributed by atoms with van der Waals surface area (Å²) in [5.74, 6) is 0.0610. The minimum absolute atomic E-state index is 0.0610. The summed E-state index contributed by atoms with van der Waals surface area (Å²) in [5, 5.41) is 8.60. The predicted molar refractivity (Wildman–Crippen MR) is 126 cm³/mol. The van der Waals surface area contributed by atoms with Gasteiger partial charge in [-0.15, -0.1) is 0 Å². The van der Waals surface area contributed by atoms with Crippen molar-refractivity contribution in [1.82, 2.24) is 0 Å². The van der Waals surface area contributed by atoms with E-state index in [9.17, 15) is 13.2 Å². The van der Waals surface area contributed by atoms with E-state index >= 15 is 0 Å². The van der Waals surface area contributed by atoms with E-state index in [-0.39, 0.29) is 11.2 Å². The number of anilines is 2. The van der Waals surface area contributed by atoms with Crippen molar-refractivity contribution in [2.45, 2.75) is 63.0 Å². The summed E-state index contributed by atoms with van der Waals surface area (Å²) in [7, 11) is -3.39. The molecule has 0 spiro atoms. The minimum Gasteiger partial charge on any atom is -0.312 e. The number of carbonyl (C=O) groups excluding carboxylic acids is 1. The lowest BCUT2D eigenvalue weighted by molar-refractivity contribution is -0.118. The van der Waals surface area contributed by atoms with Crippen molar-refractivity contribution < 1.29 is 13.2 Å². The molecule has 2 aliphatic rings. The summed E-state index contributed by atoms with van der Waals surface area (Å²) in [5.41, 5.74) is 4.11. The molecule has 0 saturated heterocycles. The molecule has 1 heterocycles. The molecular weight excluding hydrogens is 422 g/mol. The SMILES string of the molecule is N#Cc1ccc(CCC(=O)N2CCCc3cc(NS(=O)(=O)C4CCCCC4)ccc32)cc1. The first kappa shape index (κ1) is 22.3. The summed E-state index contributed by atoms with van der Waals surface area (Å²) in [6, 6.07) is 14.9. The van der Waals surface area contributed by atoms with Crippen molar-refractivity contribution in [2.24, 2.45) is 0 Å². The van der Waals surface area contributed by atoms with Gasteiger partial charge in [0.15, 0.2) is 0 Å². The second kappa shape index (κ2) is 9.74. The van der Waals surface area contributed by atoms with E-state index in [1.54, 1.807) is 18.2 Å². The third kappa shape index (κ3) is 5.13. The quantitative estimate of drug-likeness (QED) is 0.698. The Kier molecular flexibility index (Phi) is 6.80. The molecule has 0 bridgehead atoms. The van der Waals surface area contributed by atoms with Crippen LogP contribution in [0.1, 0.15) is 61.6 Å². The van der Waals surface area contributed by atoms with Crippen LogP contribution in [-0.2, 0) is 27.7 Å². The second-order valence-corrected chi connectivity index (χ2v) is 10.7. The number of sulfonamides is 1. The smallest absolute Gasteiger partial charge is 0.235 e. The van der Waals surface area contributed by atoms with Crippen LogP contribution in [-0.4, -0.2) is 26.1 Å². The maximum Gasteiger partial charge on any atom is 0.235 e. The number of carbonyl (C=O) groups is 1. The van der Waals surface area contributed by atoms with Crippen LogP contribution in [0.3, 0.4) is 0 Å². The van der Waals surface area contributed by atoms with Gasteiger partial charge in [-0.25, -0.2) is 8.42 Å². The van der Waals surface area contributed by atoms with Gasteiger partial charge in [-0.05, 0) is 73.6 Å². The zero-order chi connectivity index (χ0) is 22.6. The third-order valence-electron chi connectivity index (χ3n) is 6.46. The number of amides is 1. The molecule has 0 atom stereocenters. The lowest BCUT2D eigenvalue weighted by Gasteiger charge is -2.30. The number of fused-ring (bicyclic) bond motifs is 1. The van der Waals surface area contributed by atoms with Crippen LogP contribution in [0.5, 0.6) is 0 Å². The Morgan fingerprint density at radius 3 is 2.53 bits per heavy atom. The Hall–Kier alpha value is -2.85. The number of rotatable bonds is 6. The van der Waals surface area contributed by atoms with Gasteiger partial charge in [0.05, 0.1) is 16.9 Å². The fourth-order valence-corrected chi connectivity index (χ4v) is 6.25. The van der Waals surface area contributed by atoms with Crippen molar-refractivity contribution >= 4 is 27.3 Å². The molecular formula is C25H29N3O3S. The molecule has 1 fully saturated rings. The molecule has 32 heavy (non-hydrogen) atoms. The van der Waals surface area contributed by atoms with Gasteiger partial charge in [0.25, 0.3) is 0 Å². The van der Waals surface area contributed by atoms with Gasteiger partial charge in [-0.1, -0.05) is 31.4 Å². The van der Waals surface area contributed by atoms with Crippen LogP contribution >= 0.6 is 0 Å². The maximum absolute atomic E-state index is 12.9. The predicted octanol–water partition coefficient (Wildman–Crippen LogP) is 4.54. The van der Waals surface area contributed by atoms with E-state index in [0.717, 1.165) is 61.8 Å². The van der Waals surface area contributed by atoms with E-state index in [2.05, 4.69) is 10.8 Å². The molecule has 2 aromatic rings. The van der Waals surface area contributed by atoms with Crippen molar-refractivity contribution in [3.05, 3.63) is 59.2 Å². The van der Waals surface area contributed by atoms with Crippen molar-refractivity contribution in [1.29, 1.82) is 5.26 Å². The molecule has 1 saturated carbocycles. The molecule has 0 unspecified atom stereocenters. The average molecular weight is 452 g/mol. The van der Waals surface area contributed by atoms with E-state index in [1.807, 2.05) is 29.2 Å². The van der Waals surface area contributed by atoms with Crippen molar-refractivity contribution in [3.63, 3.8) is 0 Å². The van der Waals surface area contributed by atoms with E-state index < -0.39 is 10.0 Å². The first-order valence-corrected chi connectivity index (χ1v) is 12.9. The summed E-state index contributed by atoms with van der Waals surface area (Å²) in [6.45, 7) is 0.673. The number of benzene rings is 2. The normalized spacial score (nSPS) is 16.8. The first-order valence-electron chi connectivity index (χ1n) is 11.4. The largest absolute Gasteiger partial charge is 0.312 e. The average Bonchev–Trinajstić information content (AvgIpc) is 2.82. The highest BCUT2D eigenvalue weighted by Crippen LogP contribution is 2.32. The Labute approximate surface area is 190 Å². The van der Waals surface area contributed by atoms with Gasteiger partial charge in [-0.2, -0.15) is 5.26 Å². The van der Waals surface area contributed by atoms with Gasteiger partial charge < -0.3 is 4.90 Å². The zero-order valence-corrected chi connectivity index (χ0v) is 19.0. The summed E-state index contributed by atoms with van der Waals surface area (Å²) in [4.78, 5) is 14.8. The molecule has 6 nitrogen and oxygen atoms in total. The number of hydrogen-bond donors (Lipinski definition) is 1. The van der Waals surface area contributed by atoms with E-state index in [4.69, 9.17) is 5.26 Å². The third-order valence-corrected chi connectivity index (χ3v) is 8.33. The highest BCUT2D eigenvalue weighted by molar-refractivity contribution is 7.93. The highest BCUT2D eigenvalue weighted by Gasteiger charge is 2.28. The number of nitriles is 1. The fourth-order valence-electron chi connectivity index (χ4n) is 4.67. The Morgan fingerprint density at radius 2 is 1.81 bits per heavy atom. The summed E-state index contributed by atoms with van der Waals surface area (Å²) >= 11 is 0. The van der Waals surface area contributed by atoms with Crippen LogP contribution in [0.4, 0.5) is 11.4 Å². The second-order valence-electron chi connectivity index (χ2n) is 8.71. The number of hydrogen-bond acceptors (Lipinski definition) is 4. The van der Waals surface area contributed by atoms with Crippen LogP contribution in [0.2, 0.25) is 0 Å². The van der Waals surface area contributed by atoms with Crippen molar-refractivity contribution in [2.75, 3.05) is 16.2 Å². The topological polar surface area (TPSA) is 90.3 Å². The van der Waals surface area contributed by atoms with Gasteiger partial charge in [0.2, 0.25) is 15.9 Å². The first-order chi connectivity index (χ1) is 15.5. The van der Waals surface area contributed by atoms with Gasteiger partial charge >= 0.3 is 0 Å². The van der Waals surface area contributed by atoms with Crippen LogP contribution in [0.25, 0.3) is 0 Å². The number of nitrogens with zero attached hydrogens (tertiary/aromatic N) is 2. The van der Waals surface area contributed by atoms with Crippen LogP contribution in [0, 0.1) is 11.3 Å². The Bertz CT molecular complexity index is 1110. The zero-order valence-electron chi connectivity index (χ0n) is 18.2. The molecule has 0 aromatic heterocycles.